The molecule has 31 heavy (non-hydrogen) atoms. The molecule has 174 valence electrons. The summed E-state index contributed by atoms with van der Waals surface area (Å²) in [6, 6.07) is 6.36. The van der Waals surface area contributed by atoms with E-state index in [4.69, 9.17) is 0 Å². The van der Waals surface area contributed by atoms with Crippen molar-refractivity contribution >= 4 is 20.0 Å². The Balaban J connectivity index is 1.43. The molecule has 0 unspecified atom stereocenters. The van der Waals surface area contributed by atoms with Gasteiger partial charge in [-0.05, 0) is 56.9 Å². The molecule has 3 aliphatic rings. The summed E-state index contributed by atoms with van der Waals surface area (Å²) in [5, 5.41) is 0. The molecular weight excluding hydrogens is 434 g/mol. The van der Waals surface area contributed by atoms with Gasteiger partial charge in [0.15, 0.2) is 0 Å². The lowest BCUT2D eigenvalue weighted by Crippen LogP contribution is -2.52. The molecule has 2 aliphatic heterocycles. The average molecular weight is 470 g/mol. The number of nitrogens with zero attached hydrogens (tertiary/aromatic N) is 3. The lowest BCUT2D eigenvalue weighted by atomic mass is 9.94. The van der Waals surface area contributed by atoms with Crippen LogP contribution in [0.25, 0.3) is 0 Å². The first kappa shape index (κ1) is 23.2. The summed E-state index contributed by atoms with van der Waals surface area (Å²) in [4.78, 5) is 2.78. The van der Waals surface area contributed by atoms with Gasteiger partial charge in [0.1, 0.15) is 0 Å². The Kier molecular flexibility index (Phi) is 7.08. The predicted molar refractivity (Wildman–Crippen MR) is 121 cm³/mol. The third kappa shape index (κ3) is 4.85. The molecule has 2 heterocycles. The summed E-state index contributed by atoms with van der Waals surface area (Å²) in [6.07, 6.45) is 9.06. The van der Waals surface area contributed by atoms with E-state index < -0.39 is 20.0 Å². The standard InChI is InChI=1S/C22H35N3O4S2/c1-19-7-5-6-14-25(19)31(28,29)22-12-10-21(11-13-22)30(26,27)24-17-15-23(16-18-24)20-8-3-2-4-9-20/h10-13,19-20H,2-9,14-18H2,1H3/t19-/m1/s1. The normalized spacial score (nSPS) is 26.2. The first-order valence-electron chi connectivity index (χ1n) is 11.7. The third-order valence-electron chi connectivity index (χ3n) is 7.17. The first-order valence-corrected chi connectivity index (χ1v) is 14.5. The second-order valence-electron chi connectivity index (χ2n) is 9.16. The SMILES string of the molecule is C[C@@H]1CCCCN1S(=O)(=O)c1ccc(S(=O)(=O)N2CCN(C3CCCCC3)CC2)cc1. The molecule has 0 bridgehead atoms. The van der Waals surface area contributed by atoms with E-state index in [2.05, 4.69) is 4.90 Å². The molecule has 1 saturated carbocycles. The minimum atomic E-state index is -3.62. The van der Waals surface area contributed by atoms with Gasteiger partial charge in [0.2, 0.25) is 20.0 Å². The van der Waals surface area contributed by atoms with Crippen LogP contribution in [0.2, 0.25) is 0 Å². The van der Waals surface area contributed by atoms with Crippen LogP contribution in [0.5, 0.6) is 0 Å². The summed E-state index contributed by atoms with van der Waals surface area (Å²) < 4.78 is 55.4. The van der Waals surface area contributed by atoms with Crippen LogP contribution in [0.15, 0.2) is 34.1 Å². The largest absolute Gasteiger partial charge is 0.298 e. The van der Waals surface area contributed by atoms with Gasteiger partial charge in [0, 0.05) is 44.8 Å². The number of piperidine rings is 1. The minimum Gasteiger partial charge on any atom is -0.298 e. The molecule has 0 N–H and O–H groups in total. The van der Waals surface area contributed by atoms with Crippen molar-refractivity contribution in [2.45, 2.75) is 80.2 Å². The van der Waals surface area contributed by atoms with Crippen molar-refractivity contribution in [3.8, 4) is 0 Å². The number of hydrogen-bond acceptors (Lipinski definition) is 5. The van der Waals surface area contributed by atoms with Gasteiger partial charge in [0.05, 0.1) is 9.79 Å². The number of hydrogen-bond donors (Lipinski definition) is 0. The van der Waals surface area contributed by atoms with Gasteiger partial charge in [0.25, 0.3) is 0 Å². The highest BCUT2D eigenvalue weighted by Gasteiger charge is 2.33. The van der Waals surface area contributed by atoms with Crippen molar-refractivity contribution in [3.05, 3.63) is 24.3 Å². The highest BCUT2D eigenvalue weighted by molar-refractivity contribution is 7.89. The van der Waals surface area contributed by atoms with Crippen LogP contribution < -0.4 is 0 Å². The molecule has 7 nitrogen and oxygen atoms in total. The van der Waals surface area contributed by atoms with Crippen molar-refractivity contribution in [2.24, 2.45) is 0 Å². The lowest BCUT2D eigenvalue weighted by Gasteiger charge is -2.40. The summed E-state index contributed by atoms with van der Waals surface area (Å²) in [7, 11) is -7.22. The number of sulfonamides is 2. The van der Waals surface area contributed by atoms with E-state index in [0.29, 0.717) is 25.7 Å². The van der Waals surface area contributed by atoms with Crippen LogP contribution in [-0.4, -0.2) is 75.2 Å². The van der Waals surface area contributed by atoms with Crippen LogP contribution in [0.1, 0.15) is 58.3 Å². The zero-order chi connectivity index (χ0) is 22.1. The van der Waals surface area contributed by atoms with Gasteiger partial charge in [-0.3, -0.25) is 4.90 Å². The summed E-state index contributed by atoms with van der Waals surface area (Å²) in [5.74, 6) is 0. The highest BCUT2D eigenvalue weighted by Crippen LogP contribution is 2.28. The zero-order valence-corrected chi connectivity index (χ0v) is 20.1. The van der Waals surface area contributed by atoms with Crippen molar-refractivity contribution in [1.29, 1.82) is 0 Å². The molecule has 0 spiro atoms. The molecule has 0 radical (unpaired) electrons. The zero-order valence-electron chi connectivity index (χ0n) is 18.4. The van der Waals surface area contributed by atoms with E-state index in [9.17, 15) is 16.8 Å². The molecule has 1 aromatic rings. The second-order valence-corrected chi connectivity index (χ2v) is 13.0. The van der Waals surface area contributed by atoms with Crippen LogP contribution in [-0.2, 0) is 20.0 Å². The maximum Gasteiger partial charge on any atom is 0.243 e. The fourth-order valence-electron chi connectivity index (χ4n) is 5.25. The fourth-order valence-corrected chi connectivity index (χ4v) is 8.37. The third-order valence-corrected chi connectivity index (χ3v) is 11.1. The summed E-state index contributed by atoms with van der Waals surface area (Å²) >= 11 is 0. The number of benzene rings is 1. The molecule has 0 amide bonds. The summed E-state index contributed by atoms with van der Waals surface area (Å²) in [5.41, 5.74) is 0. The topological polar surface area (TPSA) is 78.0 Å². The van der Waals surface area contributed by atoms with Crippen LogP contribution in [0.3, 0.4) is 0 Å². The van der Waals surface area contributed by atoms with E-state index in [-0.39, 0.29) is 15.8 Å². The van der Waals surface area contributed by atoms with Crippen molar-refractivity contribution in [2.75, 3.05) is 32.7 Å². The highest BCUT2D eigenvalue weighted by atomic mass is 32.2. The Labute approximate surface area is 187 Å². The Morgan fingerprint density at radius 3 is 1.81 bits per heavy atom. The quantitative estimate of drug-likeness (QED) is 0.663. The Hall–Kier alpha value is -1.00. The maximum atomic E-state index is 13.1. The smallest absolute Gasteiger partial charge is 0.243 e. The van der Waals surface area contributed by atoms with Crippen molar-refractivity contribution in [1.82, 2.24) is 13.5 Å². The average Bonchev–Trinajstić information content (AvgIpc) is 2.80. The number of rotatable bonds is 5. The second kappa shape index (κ2) is 9.47. The first-order chi connectivity index (χ1) is 14.8. The van der Waals surface area contributed by atoms with Gasteiger partial charge in [-0.25, -0.2) is 16.8 Å². The predicted octanol–water partition coefficient (Wildman–Crippen LogP) is 2.89. The summed E-state index contributed by atoms with van der Waals surface area (Å²) in [6.45, 7) is 4.97. The molecule has 4 rings (SSSR count). The van der Waals surface area contributed by atoms with E-state index in [1.807, 2.05) is 6.92 Å². The molecule has 0 aromatic heterocycles. The van der Waals surface area contributed by atoms with Gasteiger partial charge in [-0.2, -0.15) is 8.61 Å². The lowest BCUT2D eigenvalue weighted by molar-refractivity contribution is 0.111. The minimum absolute atomic E-state index is 0.0254. The van der Waals surface area contributed by atoms with Crippen LogP contribution in [0.4, 0.5) is 0 Å². The van der Waals surface area contributed by atoms with E-state index in [1.54, 1.807) is 8.61 Å². The van der Waals surface area contributed by atoms with E-state index >= 15 is 0 Å². The van der Waals surface area contributed by atoms with Gasteiger partial charge < -0.3 is 0 Å². The molecule has 1 aromatic carbocycles. The van der Waals surface area contributed by atoms with Crippen LogP contribution >= 0.6 is 0 Å². The molecule has 2 saturated heterocycles. The van der Waals surface area contributed by atoms with Gasteiger partial charge in [-0.1, -0.05) is 25.7 Å². The molecule has 3 fully saturated rings. The maximum absolute atomic E-state index is 13.1. The molecule has 1 atom stereocenters. The van der Waals surface area contributed by atoms with E-state index in [0.717, 1.165) is 32.4 Å². The molecule has 9 heteroatoms. The van der Waals surface area contributed by atoms with Gasteiger partial charge in [-0.15, -0.1) is 0 Å². The van der Waals surface area contributed by atoms with Gasteiger partial charge >= 0.3 is 0 Å². The molecular formula is C22H35N3O4S2. The molecule has 1 aliphatic carbocycles. The van der Waals surface area contributed by atoms with Crippen molar-refractivity contribution in [3.63, 3.8) is 0 Å². The Morgan fingerprint density at radius 1 is 0.677 bits per heavy atom. The Bertz CT molecular complexity index is 949. The Morgan fingerprint density at radius 2 is 1.23 bits per heavy atom. The fraction of sp³-hybridized carbons (Fsp3) is 0.727. The monoisotopic (exact) mass is 469 g/mol. The van der Waals surface area contributed by atoms with E-state index in [1.165, 1.54) is 56.4 Å². The van der Waals surface area contributed by atoms with Crippen LogP contribution in [0, 0.1) is 0 Å². The number of piperazine rings is 1. The van der Waals surface area contributed by atoms with Crippen molar-refractivity contribution < 1.29 is 16.8 Å².